The summed E-state index contributed by atoms with van der Waals surface area (Å²) in [5, 5.41) is 12.3. The fourth-order valence-corrected chi connectivity index (χ4v) is 6.45. The van der Waals surface area contributed by atoms with Crippen LogP contribution >= 0.6 is 0 Å². The topological polar surface area (TPSA) is 155 Å². The Labute approximate surface area is 257 Å². The number of ether oxygens (including phenoxy) is 2. The number of hydroxylamine groups is 1. The molecule has 2 aromatic rings. The molecule has 0 aliphatic carbocycles. The minimum atomic E-state index is -4.36. The van der Waals surface area contributed by atoms with Gasteiger partial charge in [-0.15, -0.1) is 0 Å². The van der Waals surface area contributed by atoms with Crippen molar-refractivity contribution >= 4 is 27.9 Å². The molecule has 1 heterocycles. The van der Waals surface area contributed by atoms with E-state index < -0.39 is 39.5 Å². The molecule has 1 fully saturated rings. The van der Waals surface area contributed by atoms with Gasteiger partial charge in [0.2, 0.25) is 15.9 Å². The van der Waals surface area contributed by atoms with Gasteiger partial charge in [-0.05, 0) is 87.9 Å². The van der Waals surface area contributed by atoms with E-state index in [0.29, 0.717) is 43.8 Å². The number of alkyl carbamates (subject to hydrolysis) is 1. The van der Waals surface area contributed by atoms with Crippen LogP contribution in [0.4, 0.5) is 9.18 Å². The van der Waals surface area contributed by atoms with Crippen LogP contribution in [-0.4, -0.2) is 85.7 Å². The Hall–Kier alpha value is -3.75. The zero-order valence-corrected chi connectivity index (χ0v) is 26.2. The van der Waals surface area contributed by atoms with Gasteiger partial charge in [-0.3, -0.25) is 14.8 Å². The molecule has 0 aromatic heterocycles. The van der Waals surface area contributed by atoms with Crippen molar-refractivity contribution in [1.82, 2.24) is 20.0 Å². The molecule has 3 N–H and O–H groups in total. The molecule has 14 heteroatoms. The smallest absolute Gasteiger partial charge is 0.407 e. The van der Waals surface area contributed by atoms with Crippen molar-refractivity contribution in [3.05, 3.63) is 59.9 Å². The Morgan fingerprint density at radius 1 is 1.07 bits per heavy atom. The third kappa shape index (κ3) is 9.89. The molecule has 1 aliphatic heterocycles. The van der Waals surface area contributed by atoms with E-state index in [2.05, 4.69) is 5.32 Å². The van der Waals surface area contributed by atoms with Crippen molar-refractivity contribution < 1.29 is 41.9 Å². The second-order valence-electron chi connectivity index (χ2n) is 11.6. The Bertz CT molecular complexity index is 1370. The van der Waals surface area contributed by atoms with E-state index in [9.17, 15) is 32.4 Å². The summed E-state index contributed by atoms with van der Waals surface area (Å²) >= 11 is 0. The third-order valence-electron chi connectivity index (χ3n) is 7.22. The number of nitrogens with zero attached hydrogens (tertiary/aromatic N) is 2. The van der Waals surface area contributed by atoms with Gasteiger partial charge in [0, 0.05) is 32.6 Å². The summed E-state index contributed by atoms with van der Waals surface area (Å²) in [5.41, 5.74) is 1.37. The van der Waals surface area contributed by atoms with Gasteiger partial charge in [-0.25, -0.2) is 23.1 Å². The SMILES string of the molecule is COc1ccc(S(=O)(=O)N(CCC(=O)N2CCC(CNC(=O)OC(C)(C)C)CC2)C(Cc2ccc(F)cc2)C(=O)NO)cc1. The predicted octanol–water partition coefficient (Wildman–Crippen LogP) is 3.10. The zero-order valence-electron chi connectivity index (χ0n) is 25.4. The van der Waals surface area contributed by atoms with E-state index in [1.807, 2.05) is 0 Å². The lowest BCUT2D eigenvalue weighted by molar-refractivity contribution is -0.135. The largest absolute Gasteiger partial charge is 0.497 e. The zero-order chi connectivity index (χ0) is 32.5. The van der Waals surface area contributed by atoms with E-state index in [4.69, 9.17) is 9.47 Å². The molecule has 12 nitrogen and oxygen atoms in total. The molecule has 3 rings (SSSR count). The number of carbonyl (C=O) groups excluding carboxylic acids is 3. The number of hydrogen-bond donors (Lipinski definition) is 3. The quantitative estimate of drug-likeness (QED) is 0.237. The molecule has 242 valence electrons. The summed E-state index contributed by atoms with van der Waals surface area (Å²) in [6.07, 6.45) is 0.350. The van der Waals surface area contributed by atoms with Crippen LogP contribution in [0.2, 0.25) is 0 Å². The first kappa shape index (κ1) is 34.7. The number of nitrogens with one attached hydrogen (secondary N) is 2. The van der Waals surface area contributed by atoms with Crippen molar-refractivity contribution in [2.45, 2.75) is 63.0 Å². The van der Waals surface area contributed by atoms with Crippen LogP contribution in [0.3, 0.4) is 0 Å². The highest BCUT2D eigenvalue weighted by atomic mass is 32.2. The number of piperidine rings is 1. The van der Waals surface area contributed by atoms with Crippen LogP contribution < -0.4 is 15.5 Å². The molecule has 1 unspecified atom stereocenters. The Kier molecular flexibility index (Phi) is 12.1. The van der Waals surface area contributed by atoms with Crippen molar-refractivity contribution in [3.63, 3.8) is 0 Å². The number of benzene rings is 2. The number of amides is 3. The maximum Gasteiger partial charge on any atom is 0.407 e. The van der Waals surface area contributed by atoms with Crippen LogP contribution in [0.1, 0.15) is 45.6 Å². The van der Waals surface area contributed by atoms with E-state index in [1.165, 1.54) is 61.1 Å². The fraction of sp³-hybridized carbons (Fsp3) is 0.500. The summed E-state index contributed by atoms with van der Waals surface area (Å²) in [7, 11) is -2.93. The maximum absolute atomic E-state index is 13.9. The molecule has 3 amide bonds. The van der Waals surface area contributed by atoms with Crippen LogP contribution in [0.5, 0.6) is 5.75 Å². The molecule has 1 atom stereocenters. The van der Waals surface area contributed by atoms with Gasteiger partial charge in [0.05, 0.1) is 12.0 Å². The van der Waals surface area contributed by atoms with Crippen molar-refractivity contribution in [2.24, 2.45) is 5.92 Å². The number of rotatable bonds is 12. The van der Waals surface area contributed by atoms with E-state index >= 15 is 0 Å². The lowest BCUT2D eigenvalue weighted by Crippen LogP contribution is -2.51. The number of sulfonamides is 1. The molecule has 2 aromatic carbocycles. The minimum Gasteiger partial charge on any atom is -0.497 e. The molecule has 0 radical (unpaired) electrons. The average molecular weight is 637 g/mol. The molecule has 1 aliphatic rings. The van der Waals surface area contributed by atoms with Crippen LogP contribution in [0.25, 0.3) is 0 Å². The van der Waals surface area contributed by atoms with Crippen LogP contribution in [-0.2, 0) is 30.8 Å². The van der Waals surface area contributed by atoms with Gasteiger partial charge in [-0.1, -0.05) is 12.1 Å². The second kappa shape index (κ2) is 15.3. The van der Waals surface area contributed by atoms with E-state index in [0.717, 1.165) is 4.31 Å². The molecule has 0 bridgehead atoms. The van der Waals surface area contributed by atoms with Gasteiger partial charge in [0.25, 0.3) is 5.91 Å². The van der Waals surface area contributed by atoms with Crippen LogP contribution in [0, 0.1) is 11.7 Å². The number of hydrogen-bond acceptors (Lipinski definition) is 8. The lowest BCUT2D eigenvalue weighted by atomic mass is 9.96. The Morgan fingerprint density at radius 2 is 1.68 bits per heavy atom. The van der Waals surface area contributed by atoms with Gasteiger partial charge in [-0.2, -0.15) is 4.31 Å². The van der Waals surface area contributed by atoms with Gasteiger partial charge in [0.15, 0.2) is 0 Å². The molecular weight excluding hydrogens is 595 g/mol. The Morgan fingerprint density at radius 3 is 2.23 bits per heavy atom. The van der Waals surface area contributed by atoms with E-state index in [1.54, 1.807) is 25.7 Å². The van der Waals surface area contributed by atoms with Crippen molar-refractivity contribution in [3.8, 4) is 5.75 Å². The second-order valence-corrected chi connectivity index (χ2v) is 13.5. The van der Waals surface area contributed by atoms with Gasteiger partial charge in [0.1, 0.15) is 23.2 Å². The summed E-state index contributed by atoms with van der Waals surface area (Å²) in [5.74, 6) is -1.24. The third-order valence-corrected chi connectivity index (χ3v) is 9.14. The van der Waals surface area contributed by atoms with Crippen molar-refractivity contribution in [2.75, 3.05) is 33.3 Å². The maximum atomic E-state index is 13.9. The molecule has 0 spiro atoms. The average Bonchev–Trinajstić information content (AvgIpc) is 2.99. The first-order valence-corrected chi connectivity index (χ1v) is 15.8. The first-order valence-electron chi connectivity index (χ1n) is 14.3. The fourth-order valence-electron chi connectivity index (χ4n) is 4.86. The molecular formula is C30H41FN4O8S. The minimum absolute atomic E-state index is 0.140. The van der Waals surface area contributed by atoms with Crippen LogP contribution in [0.15, 0.2) is 53.4 Å². The summed E-state index contributed by atoms with van der Waals surface area (Å²) in [4.78, 5) is 39.6. The number of methoxy groups -OCH3 is 1. The molecule has 1 saturated heterocycles. The van der Waals surface area contributed by atoms with Gasteiger partial charge >= 0.3 is 6.09 Å². The number of halogens is 1. The standard InChI is InChI=1S/C30H41FN4O8S/c1-30(2,3)43-29(38)32-20-22-13-16-34(17-14-22)27(36)15-18-35(44(40,41)25-11-9-24(42-4)10-12-25)26(28(37)33-39)19-21-5-7-23(31)8-6-21/h5-12,22,26,39H,13-20H2,1-4H3,(H,32,38)(H,33,37). The van der Waals surface area contributed by atoms with Crippen molar-refractivity contribution in [1.29, 1.82) is 0 Å². The first-order chi connectivity index (χ1) is 20.7. The molecule has 44 heavy (non-hydrogen) atoms. The van der Waals surface area contributed by atoms with E-state index in [-0.39, 0.29) is 36.1 Å². The Balaban J connectivity index is 1.74. The monoisotopic (exact) mass is 636 g/mol. The number of carbonyl (C=O) groups is 3. The highest BCUT2D eigenvalue weighted by molar-refractivity contribution is 7.89. The van der Waals surface area contributed by atoms with Gasteiger partial charge < -0.3 is 19.7 Å². The highest BCUT2D eigenvalue weighted by Crippen LogP contribution is 2.25. The lowest BCUT2D eigenvalue weighted by Gasteiger charge is -2.34. The molecule has 0 saturated carbocycles. The summed E-state index contributed by atoms with van der Waals surface area (Å²) in [6, 6.07) is 9.31. The summed E-state index contributed by atoms with van der Waals surface area (Å²) in [6.45, 7) is 6.23. The highest BCUT2D eigenvalue weighted by Gasteiger charge is 2.37. The predicted molar refractivity (Wildman–Crippen MR) is 159 cm³/mol. The summed E-state index contributed by atoms with van der Waals surface area (Å²) < 4.78 is 52.6. The number of likely N-dealkylation sites (tertiary alicyclic amines) is 1. The normalized spacial score (nSPS) is 15.0.